The fourth-order valence-electron chi connectivity index (χ4n) is 2.19. The van der Waals surface area contributed by atoms with Gasteiger partial charge in [-0.05, 0) is 39.8 Å². The molecule has 2 rings (SSSR count). The number of carbonyl (C=O) groups excluding carboxylic acids is 1. The summed E-state index contributed by atoms with van der Waals surface area (Å²) >= 11 is 0. The summed E-state index contributed by atoms with van der Waals surface area (Å²) < 4.78 is 0. The number of amides is 1. The first-order valence-electron chi connectivity index (χ1n) is 6.39. The van der Waals surface area contributed by atoms with Crippen LogP contribution in [-0.4, -0.2) is 26.2 Å². The zero-order valence-corrected chi connectivity index (χ0v) is 12.0. The first-order valence-corrected chi connectivity index (χ1v) is 6.39. The second-order valence-corrected chi connectivity index (χ2v) is 4.88. The van der Waals surface area contributed by atoms with Crippen LogP contribution in [0.1, 0.15) is 35.5 Å². The maximum absolute atomic E-state index is 12.3. The molecule has 0 bridgehead atoms. The minimum atomic E-state index is -0.379. The number of aromatic amines is 1. The van der Waals surface area contributed by atoms with Crippen molar-refractivity contribution in [1.29, 1.82) is 0 Å². The highest BCUT2D eigenvalue weighted by atomic mass is 16.3. The van der Waals surface area contributed by atoms with Crippen LogP contribution in [-0.2, 0) is 4.79 Å². The zero-order chi connectivity index (χ0) is 14.9. The van der Waals surface area contributed by atoms with Crippen molar-refractivity contribution in [2.24, 2.45) is 0 Å². The van der Waals surface area contributed by atoms with Crippen molar-refractivity contribution in [3.05, 3.63) is 34.8 Å². The van der Waals surface area contributed by atoms with E-state index in [0.717, 1.165) is 22.6 Å². The Hall–Kier alpha value is -2.37. The third-order valence-electron chi connectivity index (χ3n) is 3.27. The quantitative estimate of drug-likeness (QED) is 0.800. The van der Waals surface area contributed by atoms with Crippen molar-refractivity contribution in [2.45, 2.75) is 33.6 Å². The van der Waals surface area contributed by atoms with Gasteiger partial charge in [0.25, 0.3) is 0 Å². The van der Waals surface area contributed by atoms with Crippen LogP contribution in [0.3, 0.4) is 0 Å². The molecule has 0 spiro atoms. The highest BCUT2D eigenvalue weighted by Gasteiger charge is 2.22. The molecule has 2 heterocycles. The molecule has 0 saturated heterocycles. The normalized spacial score (nSPS) is 12.2. The van der Waals surface area contributed by atoms with E-state index >= 15 is 0 Å². The number of H-pyrrole nitrogens is 1. The molecule has 0 unspecified atom stereocenters. The molecule has 2 aromatic heterocycles. The van der Waals surface area contributed by atoms with Gasteiger partial charge in [-0.2, -0.15) is 5.10 Å². The third kappa shape index (κ3) is 2.64. The van der Waals surface area contributed by atoms with Gasteiger partial charge in [0.1, 0.15) is 0 Å². The van der Waals surface area contributed by atoms with E-state index in [9.17, 15) is 9.90 Å². The minimum Gasteiger partial charge on any atom is -0.504 e. The van der Waals surface area contributed by atoms with E-state index in [-0.39, 0.29) is 23.4 Å². The van der Waals surface area contributed by atoms with Crippen LogP contribution < -0.4 is 5.32 Å². The Morgan fingerprint density at radius 2 is 2.05 bits per heavy atom. The van der Waals surface area contributed by atoms with Crippen molar-refractivity contribution in [1.82, 2.24) is 15.2 Å². The van der Waals surface area contributed by atoms with Crippen LogP contribution in [0.25, 0.3) is 0 Å². The van der Waals surface area contributed by atoms with Gasteiger partial charge in [-0.15, -0.1) is 0 Å². The van der Waals surface area contributed by atoms with E-state index in [4.69, 9.17) is 0 Å². The number of aromatic hydroxyl groups is 1. The van der Waals surface area contributed by atoms with Crippen LogP contribution in [0.2, 0.25) is 0 Å². The van der Waals surface area contributed by atoms with Gasteiger partial charge in [-0.1, -0.05) is 0 Å². The number of nitrogens with one attached hydrogen (secondary N) is 2. The zero-order valence-electron chi connectivity index (χ0n) is 12.0. The number of hydrogen-bond acceptors (Lipinski definition) is 4. The Balaban J connectivity index is 2.22. The fraction of sp³-hybridized carbons (Fsp3) is 0.357. The fourth-order valence-corrected chi connectivity index (χ4v) is 2.19. The summed E-state index contributed by atoms with van der Waals surface area (Å²) in [5.74, 6) is -0.473. The van der Waals surface area contributed by atoms with Gasteiger partial charge in [0.05, 0.1) is 11.6 Å². The van der Waals surface area contributed by atoms with E-state index in [1.165, 1.54) is 6.07 Å². The van der Waals surface area contributed by atoms with Crippen molar-refractivity contribution in [3.8, 4) is 5.75 Å². The number of anilines is 1. The maximum Gasteiger partial charge on any atom is 0.233 e. The van der Waals surface area contributed by atoms with Crippen LogP contribution >= 0.6 is 0 Å². The van der Waals surface area contributed by atoms with E-state index in [2.05, 4.69) is 20.5 Å². The second-order valence-electron chi connectivity index (χ2n) is 4.88. The van der Waals surface area contributed by atoms with Gasteiger partial charge in [0.2, 0.25) is 5.91 Å². The van der Waals surface area contributed by atoms with Gasteiger partial charge < -0.3 is 10.4 Å². The summed E-state index contributed by atoms with van der Waals surface area (Å²) in [7, 11) is 0. The van der Waals surface area contributed by atoms with Crippen LogP contribution in [0, 0.1) is 20.8 Å². The first kappa shape index (κ1) is 14.0. The van der Waals surface area contributed by atoms with Crippen LogP contribution in [0.15, 0.2) is 12.1 Å². The standard InChI is InChI=1S/C14H18N4O2/c1-7-5-6-11(19)13(15-7)16-14(20)8(2)12-9(3)17-18-10(12)4/h5-6,8,19H,1-4H3,(H,17,18)(H,15,16,20)/t8-/m1/s1. The van der Waals surface area contributed by atoms with Gasteiger partial charge in [0.15, 0.2) is 11.6 Å². The molecule has 1 atom stereocenters. The second kappa shape index (κ2) is 5.32. The van der Waals surface area contributed by atoms with Crippen molar-refractivity contribution in [3.63, 3.8) is 0 Å². The Morgan fingerprint density at radius 3 is 2.65 bits per heavy atom. The predicted octanol–water partition coefficient (Wildman–Crippen LogP) is 2.18. The summed E-state index contributed by atoms with van der Waals surface area (Å²) in [4.78, 5) is 16.4. The molecule has 0 aromatic carbocycles. The van der Waals surface area contributed by atoms with Crippen LogP contribution in [0.5, 0.6) is 5.75 Å². The molecule has 3 N–H and O–H groups in total. The van der Waals surface area contributed by atoms with Crippen molar-refractivity contribution >= 4 is 11.7 Å². The lowest BCUT2D eigenvalue weighted by Gasteiger charge is -2.13. The largest absolute Gasteiger partial charge is 0.504 e. The molecule has 2 aromatic rings. The van der Waals surface area contributed by atoms with Crippen LogP contribution in [0.4, 0.5) is 5.82 Å². The maximum atomic E-state index is 12.3. The van der Waals surface area contributed by atoms with E-state index < -0.39 is 0 Å². The van der Waals surface area contributed by atoms with E-state index in [0.29, 0.717) is 0 Å². The molecule has 0 aliphatic rings. The molecule has 0 fully saturated rings. The van der Waals surface area contributed by atoms with Gasteiger partial charge in [0, 0.05) is 17.0 Å². The lowest BCUT2D eigenvalue weighted by Crippen LogP contribution is -2.20. The first-order chi connectivity index (χ1) is 9.40. The highest BCUT2D eigenvalue weighted by molar-refractivity contribution is 5.96. The smallest absolute Gasteiger partial charge is 0.233 e. The molecule has 6 heteroatoms. The predicted molar refractivity (Wildman–Crippen MR) is 75.7 cm³/mol. The number of rotatable bonds is 3. The molecule has 0 aliphatic heterocycles. The SMILES string of the molecule is Cc1ccc(O)c(NC(=O)[C@H](C)c2c(C)n[nH]c2C)n1. The number of carbonyl (C=O) groups is 1. The number of hydrogen-bond donors (Lipinski definition) is 3. The average Bonchev–Trinajstić information content (AvgIpc) is 2.72. The Morgan fingerprint density at radius 1 is 1.35 bits per heavy atom. The number of nitrogens with zero attached hydrogens (tertiary/aromatic N) is 2. The number of pyridine rings is 1. The molecule has 0 aliphatic carbocycles. The number of aryl methyl sites for hydroxylation is 3. The summed E-state index contributed by atoms with van der Waals surface area (Å²) in [5, 5.41) is 19.3. The molecule has 6 nitrogen and oxygen atoms in total. The Kier molecular flexibility index (Phi) is 3.74. The summed E-state index contributed by atoms with van der Waals surface area (Å²) in [6.07, 6.45) is 0. The van der Waals surface area contributed by atoms with Gasteiger partial charge in [-0.25, -0.2) is 4.98 Å². The Bertz CT molecular complexity index is 629. The molecule has 106 valence electrons. The minimum absolute atomic E-state index is 0.0446. The van der Waals surface area contributed by atoms with Crippen molar-refractivity contribution in [2.75, 3.05) is 5.32 Å². The highest BCUT2D eigenvalue weighted by Crippen LogP contribution is 2.25. The Labute approximate surface area is 117 Å². The molecular formula is C14H18N4O2. The molecule has 0 saturated carbocycles. The molecule has 1 amide bonds. The lowest BCUT2D eigenvalue weighted by atomic mass is 9.98. The molecule has 20 heavy (non-hydrogen) atoms. The monoisotopic (exact) mass is 274 g/mol. The van der Waals surface area contributed by atoms with Gasteiger partial charge >= 0.3 is 0 Å². The number of aromatic nitrogens is 3. The van der Waals surface area contributed by atoms with E-state index in [1.54, 1.807) is 19.9 Å². The average molecular weight is 274 g/mol. The summed E-state index contributed by atoms with van der Waals surface area (Å²) in [5.41, 5.74) is 3.26. The van der Waals surface area contributed by atoms with E-state index in [1.807, 2.05) is 13.8 Å². The summed E-state index contributed by atoms with van der Waals surface area (Å²) in [6.45, 7) is 7.32. The van der Waals surface area contributed by atoms with Gasteiger partial charge in [-0.3, -0.25) is 9.89 Å². The molecule has 0 radical (unpaired) electrons. The third-order valence-corrected chi connectivity index (χ3v) is 3.27. The molecular weight excluding hydrogens is 256 g/mol. The van der Waals surface area contributed by atoms with Crippen molar-refractivity contribution < 1.29 is 9.90 Å². The summed E-state index contributed by atoms with van der Waals surface area (Å²) in [6, 6.07) is 3.19. The topological polar surface area (TPSA) is 90.9 Å². The lowest BCUT2D eigenvalue weighted by molar-refractivity contribution is -0.117.